The van der Waals surface area contributed by atoms with Gasteiger partial charge in [-0.2, -0.15) is 5.10 Å². The Kier molecular flexibility index (Phi) is 6.44. The zero-order valence-electron chi connectivity index (χ0n) is 13.9. The van der Waals surface area contributed by atoms with E-state index in [9.17, 15) is 4.79 Å². The van der Waals surface area contributed by atoms with Crippen LogP contribution in [0.1, 0.15) is 42.5 Å². The summed E-state index contributed by atoms with van der Waals surface area (Å²) in [5, 5.41) is 4.22. The van der Waals surface area contributed by atoms with Gasteiger partial charge in [-0.1, -0.05) is 25.7 Å². The molecule has 1 aromatic heterocycles. The van der Waals surface area contributed by atoms with E-state index in [0.717, 1.165) is 18.8 Å². The van der Waals surface area contributed by atoms with E-state index in [-0.39, 0.29) is 5.97 Å². The van der Waals surface area contributed by atoms with Crippen LogP contribution in [0, 0.1) is 25.7 Å². The molecule has 0 aromatic carbocycles. The van der Waals surface area contributed by atoms with E-state index in [1.807, 2.05) is 14.0 Å². The summed E-state index contributed by atoms with van der Waals surface area (Å²) in [6.45, 7) is 12.3. The van der Waals surface area contributed by atoms with Crippen LogP contribution < -0.4 is 0 Å². The summed E-state index contributed by atoms with van der Waals surface area (Å²) < 4.78 is 7.06. The van der Waals surface area contributed by atoms with Crippen molar-refractivity contribution >= 4 is 5.97 Å². The molecule has 0 spiro atoms. The van der Waals surface area contributed by atoms with Gasteiger partial charge in [0, 0.05) is 12.7 Å². The topological polar surface area (TPSA) is 47.4 Å². The first-order valence-corrected chi connectivity index (χ1v) is 7.32. The Hall–Kier alpha value is -1.80. The Morgan fingerprint density at radius 3 is 2.48 bits per heavy atom. The van der Waals surface area contributed by atoms with Gasteiger partial charge >= 0.3 is 5.97 Å². The molecule has 0 aliphatic carbocycles. The van der Waals surface area contributed by atoms with Gasteiger partial charge in [-0.05, 0) is 33.9 Å². The van der Waals surface area contributed by atoms with E-state index < -0.39 is 6.10 Å². The van der Waals surface area contributed by atoms with Crippen LogP contribution in [0.5, 0.6) is 0 Å². The molecule has 21 heavy (non-hydrogen) atoms. The number of carbonyl (C=O) groups excluding carboxylic acids is 1. The van der Waals surface area contributed by atoms with Crippen molar-refractivity contribution in [2.45, 2.75) is 40.7 Å². The maximum absolute atomic E-state index is 12.2. The minimum absolute atomic E-state index is 0.359. The van der Waals surface area contributed by atoms with E-state index in [1.54, 1.807) is 18.5 Å². The van der Waals surface area contributed by atoms with E-state index in [2.05, 4.69) is 35.7 Å². The van der Waals surface area contributed by atoms with Gasteiger partial charge in [-0.25, -0.2) is 4.79 Å². The second-order valence-electron chi connectivity index (χ2n) is 5.00. The highest BCUT2D eigenvalue weighted by atomic mass is 16.5. The lowest BCUT2D eigenvalue weighted by Gasteiger charge is -2.13. The molecule has 1 heterocycles. The largest absolute Gasteiger partial charge is 0.446 e. The maximum Gasteiger partial charge on any atom is 0.343 e. The lowest BCUT2D eigenvalue weighted by Crippen LogP contribution is -2.23. The highest BCUT2D eigenvalue weighted by molar-refractivity contribution is 5.92. The fourth-order valence-corrected chi connectivity index (χ4v) is 2.07. The Bertz CT molecular complexity index is 548. The van der Waals surface area contributed by atoms with E-state index in [4.69, 9.17) is 4.74 Å². The van der Waals surface area contributed by atoms with Crippen molar-refractivity contribution < 1.29 is 9.53 Å². The number of aromatic nitrogens is 2. The van der Waals surface area contributed by atoms with Crippen LogP contribution in [0.4, 0.5) is 0 Å². The van der Waals surface area contributed by atoms with Crippen molar-refractivity contribution in [2.24, 2.45) is 7.05 Å². The molecule has 1 aromatic rings. The summed E-state index contributed by atoms with van der Waals surface area (Å²) in [4.78, 5) is 14.4. The first kappa shape index (κ1) is 17.3. The van der Waals surface area contributed by atoms with E-state index in [0.29, 0.717) is 17.8 Å². The molecule has 0 aliphatic rings. The SMILES string of the molecule is CCN(CC)CC#C[C@H](C)OC(=O)c1c(C)nn(C)c1C. The molecule has 1 atom stereocenters. The zero-order valence-corrected chi connectivity index (χ0v) is 13.9. The Morgan fingerprint density at radius 2 is 2.00 bits per heavy atom. The quantitative estimate of drug-likeness (QED) is 0.614. The summed E-state index contributed by atoms with van der Waals surface area (Å²) >= 11 is 0. The van der Waals surface area contributed by atoms with Crippen LogP contribution in [-0.4, -0.2) is 46.4 Å². The Labute approximate surface area is 127 Å². The summed E-state index contributed by atoms with van der Waals surface area (Å²) in [6, 6.07) is 0. The lowest BCUT2D eigenvalue weighted by atomic mass is 10.2. The fraction of sp³-hybridized carbons (Fsp3) is 0.625. The maximum atomic E-state index is 12.2. The monoisotopic (exact) mass is 291 g/mol. The van der Waals surface area contributed by atoms with Crippen molar-refractivity contribution in [1.29, 1.82) is 0 Å². The lowest BCUT2D eigenvalue weighted by molar-refractivity contribution is 0.0436. The second kappa shape index (κ2) is 7.84. The summed E-state index contributed by atoms with van der Waals surface area (Å²) in [7, 11) is 1.81. The molecule has 0 unspecified atom stereocenters. The molecule has 5 nitrogen and oxygen atoms in total. The van der Waals surface area contributed by atoms with E-state index >= 15 is 0 Å². The highest BCUT2D eigenvalue weighted by Gasteiger charge is 2.20. The molecule has 1 rings (SSSR count). The molecule has 0 saturated heterocycles. The van der Waals surface area contributed by atoms with Crippen LogP contribution in [-0.2, 0) is 11.8 Å². The van der Waals surface area contributed by atoms with Crippen LogP contribution in [0.3, 0.4) is 0 Å². The first-order valence-electron chi connectivity index (χ1n) is 7.32. The predicted molar refractivity (Wildman–Crippen MR) is 83.1 cm³/mol. The van der Waals surface area contributed by atoms with Crippen molar-refractivity contribution in [1.82, 2.24) is 14.7 Å². The van der Waals surface area contributed by atoms with Gasteiger partial charge in [0.15, 0.2) is 6.10 Å². The highest BCUT2D eigenvalue weighted by Crippen LogP contribution is 2.14. The average Bonchev–Trinajstić information content (AvgIpc) is 2.68. The third-order valence-electron chi connectivity index (χ3n) is 3.50. The molecule has 0 radical (unpaired) electrons. The number of hydrogen-bond donors (Lipinski definition) is 0. The minimum atomic E-state index is -0.424. The smallest absolute Gasteiger partial charge is 0.343 e. The summed E-state index contributed by atoms with van der Waals surface area (Å²) in [5.74, 6) is 5.66. The minimum Gasteiger partial charge on any atom is -0.446 e. The number of nitrogens with zero attached hydrogens (tertiary/aromatic N) is 3. The van der Waals surface area contributed by atoms with Crippen molar-refractivity contribution in [3.05, 3.63) is 17.0 Å². The fourth-order valence-electron chi connectivity index (χ4n) is 2.07. The van der Waals surface area contributed by atoms with Gasteiger partial charge in [0.25, 0.3) is 0 Å². The van der Waals surface area contributed by atoms with Crippen molar-refractivity contribution in [3.63, 3.8) is 0 Å². The van der Waals surface area contributed by atoms with Gasteiger partial charge in [-0.15, -0.1) is 0 Å². The molecule has 0 N–H and O–H groups in total. The number of aryl methyl sites for hydroxylation is 2. The van der Waals surface area contributed by atoms with Crippen LogP contribution in [0.15, 0.2) is 0 Å². The summed E-state index contributed by atoms with van der Waals surface area (Å²) in [6.07, 6.45) is -0.424. The molecule has 0 saturated carbocycles. The number of esters is 1. The number of rotatable bonds is 5. The first-order chi connectivity index (χ1) is 9.90. The number of carbonyl (C=O) groups is 1. The molecule has 0 amide bonds. The van der Waals surface area contributed by atoms with E-state index in [1.165, 1.54) is 0 Å². The molecular formula is C16H25N3O2. The molecule has 0 fully saturated rings. The second-order valence-corrected chi connectivity index (χ2v) is 5.00. The van der Waals surface area contributed by atoms with Gasteiger partial charge in [0.1, 0.15) is 5.56 Å². The van der Waals surface area contributed by atoms with Gasteiger partial charge in [0.2, 0.25) is 0 Å². The normalized spacial score (nSPS) is 12.0. The van der Waals surface area contributed by atoms with Gasteiger partial charge < -0.3 is 4.74 Å². The van der Waals surface area contributed by atoms with Crippen LogP contribution in [0.2, 0.25) is 0 Å². The average molecular weight is 291 g/mol. The number of ether oxygens (including phenoxy) is 1. The van der Waals surface area contributed by atoms with Crippen LogP contribution >= 0.6 is 0 Å². The molecule has 5 heteroatoms. The third kappa shape index (κ3) is 4.61. The van der Waals surface area contributed by atoms with Crippen molar-refractivity contribution in [2.75, 3.05) is 19.6 Å². The standard InChI is InChI=1S/C16H25N3O2/c1-7-19(8-2)11-9-10-12(3)21-16(20)15-13(4)17-18(6)14(15)5/h12H,7-8,11H2,1-6H3/t12-/m0/s1. The molecule has 116 valence electrons. The van der Waals surface area contributed by atoms with Gasteiger partial charge in [-0.3, -0.25) is 9.58 Å². The van der Waals surface area contributed by atoms with Gasteiger partial charge in [0.05, 0.1) is 12.2 Å². The zero-order chi connectivity index (χ0) is 16.0. The van der Waals surface area contributed by atoms with Crippen LogP contribution in [0.25, 0.3) is 0 Å². The predicted octanol–water partition coefficient (Wildman–Crippen LogP) is 1.93. The molecule has 0 bridgehead atoms. The summed E-state index contributed by atoms with van der Waals surface area (Å²) in [5.41, 5.74) is 2.03. The Morgan fingerprint density at radius 1 is 1.38 bits per heavy atom. The molecular weight excluding hydrogens is 266 g/mol. The number of hydrogen-bond acceptors (Lipinski definition) is 4. The third-order valence-corrected chi connectivity index (χ3v) is 3.50. The van der Waals surface area contributed by atoms with Crippen molar-refractivity contribution in [3.8, 4) is 11.8 Å². The molecule has 0 aliphatic heterocycles. The Balaban J connectivity index is 2.65.